The number of hydrogen-bond acceptors (Lipinski definition) is 6. The number of alkyl halides is 3. The van der Waals surface area contributed by atoms with Crippen molar-refractivity contribution >= 4 is 11.9 Å². The summed E-state index contributed by atoms with van der Waals surface area (Å²) in [6.07, 6.45) is -5.31. The minimum atomic E-state index is -4.26. The molecule has 1 N–H and O–H groups in total. The van der Waals surface area contributed by atoms with Crippen LogP contribution in [0.4, 0.5) is 25.1 Å². The number of halogens is 3. The maximum Gasteiger partial charge on any atom is 0.392 e. The zero-order chi connectivity index (χ0) is 14.5. The lowest BCUT2D eigenvalue weighted by Crippen LogP contribution is -2.18. The second kappa shape index (κ2) is 6.39. The summed E-state index contributed by atoms with van der Waals surface area (Å²) in [5.74, 6) is 0.580. The van der Waals surface area contributed by atoms with Gasteiger partial charge in [-0.05, 0) is 6.92 Å². The van der Waals surface area contributed by atoms with Gasteiger partial charge < -0.3 is 15.0 Å². The van der Waals surface area contributed by atoms with E-state index < -0.39 is 19.2 Å². The maximum atomic E-state index is 12.0. The first-order chi connectivity index (χ1) is 8.81. The Hall–Kier alpha value is -1.80. The van der Waals surface area contributed by atoms with E-state index in [-0.39, 0.29) is 12.0 Å². The number of hydrogen-bond donors (Lipinski definition) is 1. The predicted molar refractivity (Wildman–Crippen MR) is 64.5 cm³/mol. The van der Waals surface area contributed by atoms with Gasteiger partial charge in [-0.3, -0.25) is 0 Å². The van der Waals surface area contributed by atoms with Crippen molar-refractivity contribution in [1.82, 2.24) is 15.0 Å². The molecule has 0 fully saturated rings. The van der Waals surface area contributed by atoms with Gasteiger partial charge in [-0.25, -0.2) is 0 Å². The lowest BCUT2D eigenvalue weighted by molar-refractivity contribution is -0.139. The number of rotatable bonds is 6. The van der Waals surface area contributed by atoms with Gasteiger partial charge in [-0.2, -0.15) is 28.1 Å². The van der Waals surface area contributed by atoms with E-state index in [1.807, 2.05) is 6.92 Å². The molecule has 1 aromatic rings. The number of ether oxygens (including phenoxy) is 1. The van der Waals surface area contributed by atoms with Crippen molar-refractivity contribution < 1.29 is 17.9 Å². The molecule has 0 spiro atoms. The van der Waals surface area contributed by atoms with Crippen molar-refractivity contribution in [2.24, 2.45) is 0 Å². The Morgan fingerprint density at radius 2 is 1.89 bits per heavy atom. The van der Waals surface area contributed by atoms with Crippen LogP contribution in [0, 0.1) is 0 Å². The zero-order valence-corrected chi connectivity index (χ0v) is 11.0. The normalized spacial score (nSPS) is 11.3. The molecule has 1 aromatic heterocycles. The van der Waals surface area contributed by atoms with Crippen LogP contribution in [-0.4, -0.2) is 48.4 Å². The van der Waals surface area contributed by atoms with E-state index in [9.17, 15) is 13.2 Å². The van der Waals surface area contributed by atoms with Gasteiger partial charge in [0.25, 0.3) is 0 Å². The Kier molecular flexibility index (Phi) is 5.13. The number of nitrogens with one attached hydrogen (secondary N) is 1. The van der Waals surface area contributed by atoms with E-state index in [1.54, 1.807) is 19.0 Å². The van der Waals surface area contributed by atoms with Crippen LogP contribution < -0.4 is 15.0 Å². The largest absolute Gasteiger partial charge is 0.463 e. The molecule has 0 aromatic carbocycles. The third-order valence-corrected chi connectivity index (χ3v) is 1.95. The van der Waals surface area contributed by atoms with Gasteiger partial charge in [0.05, 0.1) is 6.42 Å². The first-order valence-corrected chi connectivity index (χ1v) is 5.68. The van der Waals surface area contributed by atoms with E-state index in [2.05, 4.69) is 20.3 Å². The molecule has 6 nitrogen and oxygen atoms in total. The fourth-order valence-electron chi connectivity index (χ4n) is 1.11. The molecule has 0 saturated heterocycles. The van der Waals surface area contributed by atoms with Crippen LogP contribution in [0.25, 0.3) is 0 Å². The monoisotopic (exact) mass is 279 g/mol. The van der Waals surface area contributed by atoms with E-state index in [4.69, 9.17) is 4.74 Å². The Balaban J connectivity index is 2.75. The van der Waals surface area contributed by atoms with Crippen LogP contribution in [0.2, 0.25) is 0 Å². The summed E-state index contributed by atoms with van der Waals surface area (Å²) in [5, 5.41) is 2.86. The van der Waals surface area contributed by atoms with Crippen LogP contribution >= 0.6 is 0 Å². The first-order valence-electron chi connectivity index (χ1n) is 5.68. The van der Waals surface area contributed by atoms with E-state index in [0.717, 1.165) is 0 Å². The van der Waals surface area contributed by atoms with Gasteiger partial charge in [0, 0.05) is 20.6 Å². The molecule has 108 valence electrons. The summed E-state index contributed by atoms with van der Waals surface area (Å²) < 4.78 is 40.9. The van der Waals surface area contributed by atoms with Crippen molar-refractivity contribution in [3.63, 3.8) is 0 Å². The van der Waals surface area contributed by atoms with Crippen molar-refractivity contribution in [2.45, 2.75) is 19.5 Å². The SMILES string of the molecule is CCNc1nc(OCCC(F)(F)F)nc(N(C)C)n1. The second-order valence-corrected chi connectivity index (χ2v) is 3.88. The molecule has 0 aliphatic carbocycles. The van der Waals surface area contributed by atoms with Gasteiger partial charge in [-0.15, -0.1) is 0 Å². The molecule has 1 rings (SSSR count). The molecule has 0 aliphatic rings. The molecule has 9 heteroatoms. The summed E-state index contributed by atoms with van der Waals surface area (Å²) in [6.45, 7) is 1.91. The van der Waals surface area contributed by atoms with Gasteiger partial charge in [0.1, 0.15) is 6.61 Å². The Labute approximate surface area is 109 Å². The second-order valence-electron chi connectivity index (χ2n) is 3.88. The van der Waals surface area contributed by atoms with E-state index >= 15 is 0 Å². The molecule has 0 amide bonds. The summed E-state index contributed by atoms with van der Waals surface area (Å²) in [5.41, 5.74) is 0. The molecular formula is C10H16F3N5O. The molecular weight excluding hydrogens is 263 g/mol. The van der Waals surface area contributed by atoms with Gasteiger partial charge in [0.15, 0.2) is 0 Å². The lowest BCUT2D eigenvalue weighted by Gasteiger charge is -2.13. The summed E-state index contributed by atoms with van der Waals surface area (Å²) in [6, 6.07) is -0.126. The Morgan fingerprint density at radius 1 is 1.21 bits per heavy atom. The van der Waals surface area contributed by atoms with Crippen LogP contribution in [0.15, 0.2) is 0 Å². The molecule has 19 heavy (non-hydrogen) atoms. The molecule has 0 atom stereocenters. The van der Waals surface area contributed by atoms with Crippen molar-refractivity contribution in [2.75, 3.05) is 37.5 Å². The van der Waals surface area contributed by atoms with E-state index in [1.165, 1.54) is 0 Å². The lowest BCUT2D eigenvalue weighted by atomic mass is 10.4. The Bertz CT molecular complexity index is 411. The zero-order valence-electron chi connectivity index (χ0n) is 11.0. The fraction of sp³-hybridized carbons (Fsp3) is 0.700. The smallest absolute Gasteiger partial charge is 0.392 e. The highest BCUT2D eigenvalue weighted by atomic mass is 19.4. The van der Waals surface area contributed by atoms with Crippen molar-refractivity contribution in [3.05, 3.63) is 0 Å². The third kappa shape index (κ3) is 5.58. The minimum Gasteiger partial charge on any atom is -0.463 e. The number of anilines is 2. The molecule has 1 heterocycles. The number of aromatic nitrogens is 3. The van der Waals surface area contributed by atoms with Crippen molar-refractivity contribution in [1.29, 1.82) is 0 Å². The average Bonchev–Trinajstić information content (AvgIpc) is 2.27. The van der Waals surface area contributed by atoms with Crippen molar-refractivity contribution in [3.8, 4) is 6.01 Å². The van der Waals surface area contributed by atoms with Crippen LogP contribution in [0.5, 0.6) is 6.01 Å². The van der Waals surface area contributed by atoms with Gasteiger partial charge >= 0.3 is 12.2 Å². The Morgan fingerprint density at radius 3 is 2.42 bits per heavy atom. The quantitative estimate of drug-likeness (QED) is 0.855. The molecule has 0 aliphatic heterocycles. The molecule has 0 bridgehead atoms. The average molecular weight is 279 g/mol. The predicted octanol–water partition coefficient (Wildman–Crippen LogP) is 1.70. The summed E-state index contributed by atoms with van der Waals surface area (Å²) in [7, 11) is 3.43. The molecule has 0 radical (unpaired) electrons. The highest BCUT2D eigenvalue weighted by Crippen LogP contribution is 2.20. The highest BCUT2D eigenvalue weighted by molar-refractivity contribution is 5.36. The van der Waals surface area contributed by atoms with Crippen LogP contribution in [0.3, 0.4) is 0 Å². The van der Waals surface area contributed by atoms with Crippen LogP contribution in [-0.2, 0) is 0 Å². The summed E-state index contributed by atoms with van der Waals surface area (Å²) in [4.78, 5) is 13.5. The number of nitrogens with zero attached hydrogens (tertiary/aromatic N) is 4. The van der Waals surface area contributed by atoms with Gasteiger partial charge in [-0.1, -0.05) is 0 Å². The third-order valence-electron chi connectivity index (χ3n) is 1.95. The fourth-order valence-corrected chi connectivity index (χ4v) is 1.11. The molecule has 0 unspecified atom stereocenters. The van der Waals surface area contributed by atoms with Crippen LogP contribution in [0.1, 0.15) is 13.3 Å². The topological polar surface area (TPSA) is 63.2 Å². The minimum absolute atomic E-state index is 0.126. The van der Waals surface area contributed by atoms with Gasteiger partial charge in [0.2, 0.25) is 11.9 Å². The first kappa shape index (κ1) is 15.3. The maximum absolute atomic E-state index is 12.0. The van der Waals surface area contributed by atoms with E-state index in [0.29, 0.717) is 12.5 Å². The standard InChI is InChI=1S/C10H16F3N5O/c1-4-14-7-15-8(18(2)3)17-9(16-7)19-6-5-10(11,12)13/h4-6H2,1-3H3,(H,14,15,16,17). The summed E-state index contributed by atoms with van der Waals surface area (Å²) >= 11 is 0. The molecule has 0 saturated carbocycles. The highest BCUT2D eigenvalue weighted by Gasteiger charge is 2.27.